The second kappa shape index (κ2) is 7.42. The maximum Gasteiger partial charge on any atom is 0.134 e. The molecule has 3 nitrogen and oxygen atoms in total. The molecule has 1 saturated heterocycles. The van der Waals surface area contributed by atoms with Gasteiger partial charge in [0.2, 0.25) is 0 Å². The van der Waals surface area contributed by atoms with Crippen LogP contribution in [0.1, 0.15) is 29.7 Å². The van der Waals surface area contributed by atoms with E-state index in [0.29, 0.717) is 6.04 Å². The number of piperidine rings is 1. The molecule has 0 saturated carbocycles. The summed E-state index contributed by atoms with van der Waals surface area (Å²) >= 11 is 0. The normalized spacial score (nSPS) is 16.5. The molecule has 3 heteroatoms. The van der Waals surface area contributed by atoms with Gasteiger partial charge in [0.15, 0.2) is 0 Å². The number of hydrogen-bond acceptors (Lipinski definition) is 3. The van der Waals surface area contributed by atoms with E-state index in [2.05, 4.69) is 59.6 Å². The summed E-state index contributed by atoms with van der Waals surface area (Å²) in [5.74, 6) is 1.03. The van der Waals surface area contributed by atoms with E-state index in [0.717, 1.165) is 37.5 Å². The van der Waals surface area contributed by atoms with Crippen LogP contribution in [0.4, 0.5) is 0 Å². The number of benzene rings is 2. The SMILES string of the molecule is Cc1cccc(CN2CCC(NCc3cc4ccccc4o3)CC2)c1. The average molecular weight is 334 g/mol. The minimum atomic E-state index is 0.585. The van der Waals surface area contributed by atoms with Crippen LogP contribution in [0.2, 0.25) is 0 Å². The number of fused-ring (bicyclic) bond motifs is 1. The van der Waals surface area contributed by atoms with Crippen molar-refractivity contribution in [3.8, 4) is 0 Å². The van der Waals surface area contributed by atoms with Gasteiger partial charge in [0.05, 0.1) is 6.54 Å². The van der Waals surface area contributed by atoms with Crippen LogP contribution >= 0.6 is 0 Å². The molecule has 0 amide bonds. The number of nitrogens with one attached hydrogen (secondary N) is 1. The first-order chi connectivity index (χ1) is 12.3. The molecule has 4 rings (SSSR count). The fourth-order valence-electron chi connectivity index (χ4n) is 3.73. The van der Waals surface area contributed by atoms with E-state index in [1.165, 1.54) is 29.4 Å². The standard InChI is InChI=1S/C22H26N2O/c1-17-5-4-6-18(13-17)16-24-11-9-20(10-12-24)23-15-21-14-19-7-2-3-8-22(19)25-21/h2-8,13-14,20,23H,9-12,15-16H2,1H3. The van der Waals surface area contributed by atoms with Crippen LogP contribution in [0.25, 0.3) is 11.0 Å². The molecule has 1 aromatic heterocycles. The van der Waals surface area contributed by atoms with Crippen molar-refractivity contribution < 1.29 is 4.42 Å². The number of aryl methyl sites for hydroxylation is 1. The van der Waals surface area contributed by atoms with E-state index >= 15 is 0 Å². The maximum atomic E-state index is 5.90. The Labute approximate surface area is 149 Å². The van der Waals surface area contributed by atoms with E-state index in [-0.39, 0.29) is 0 Å². The summed E-state index contributed by atoms with van der Waals surface area (Å²) in [6.07, 6.45) is 2.40. The fourth-order valence-corrected chi connectivity index (χ4v) is 3.73. The Morgan fingerprint density at radius 2 is 1.88 bits per heavy atom. The van der Waals surface area contributed by atoms with Crippen LogP contribution in [0.5, 0.6) is 0 Å². The van der Waals surface area contributed by atoms with Crippen molar-refractivity contribution in [3.63, 3.8) is 0 Å². The second-order valence-corrected chi connectivity index (χ2v) is 7.17. The van der Waals surface area contributed by atoms with E-state index in [1.54, 1.807) is 0 Å². The van der Waals surface area contributed by atoms with Crippen LogP contribution in [0.3, 0.4) is 0 Å². The van der Waals surface area contributed by atoms with Crippen LogP contribution < -0.4 is 5.32 Å². The predicted octanol–water partition coefficient (Wildman–Crippen LogP) is 4.50. The van der Waals surface area contributed by atoms with Gasteiger partial charge in [0.1, 0.15) is 11.3 Å². The quantitative estimate of drug-likeness (QED) is 0.745. The summed E-state index contributed by atoms with van der Waals surface area (Å²) in [7, 11) is 0. The first kappa shape index (κ1) is 16.4. The highest BCUT2D eigenvalue weighted by atomic mass is 16.3. The molecule has 0 radical (unpaired) electrons. The lowest BCUT2D eigenvalue weighted by Crippen LogP contribution is -2.41. The minimum absolute atomic E-state index is 0.585. The number of furan rings is 1. The van der Waals surface area contributed by atoms with Gasteiger partial charge in [0, 0.05) is 18.0 Å². The third kappa shape index (κ3) is 4.12. The molecule has 3 aromatic rings. The van der Waals surface area contributed by atoms with Gasteiger partial charge in [-0.1, -0.05) is 48.0 Å². The monoisotopic (exact) mass is 334 g/mol. The molecular weight excluding hydrogens is 308 g/mol. The zero-order chi connectivity index (χ0) is 17.1. The van der Waals surface area contributed by atoms with Gasteiger partial charge in [-0.3, -0.25) is 4.90 Å². The Hall–Kier alpha value is -2.10. The largest absolute Gasteiger partial charge is 0.460 e. The Kier molecular flexibility index (Phi) is 4.86. The molecule has 2 aromatic carbocycles. The Balaban J connectivity index is 1.26. The molecular formula is C22H26N2O. The van der Waals surface area contributed by atoms with Crippen molar-refractivity contribution in [2.24, 2.45) is 0 Å². The van der Waals surface area contributed by atoms with Crippen molar-refractivity contribution in [2.45, 2.75) is 38.9 Å². The van der Waals surface area contributed by atoms with Crippen LogP contribution in [-0.2, 0) is 13.1 Å². The smallest absolute Gasteiger partial charge is 0.134 e. The van der Waals surface area contributed by atoms with Crippen molar-refractivity contribution in [2.75, 3.05) is 13.1 Å². The van der Waals surface area contributed by atoms with E-state index in [9.17, 15) is 0 Å². The van der Waals surface area contributed by atoms with Crippen molar-refractivity contribution in [1.82, 2.24) is 10.2 Å². The number of likely N-dealkylation sites (tertiary alicyclic amines) is 1. The lowest BCUT2D eigenvalue weighted by atomic mass is 10.0. The topological polar surface area (TPSA) is 28.4 Å². The predicted molar refractivity (Wildman–Crippen MR) is 103 cm³/mol. The Bertz CT molecular complexity index is 798. The third-order valence-corrected chi connectivity index (χ3v) is 5.12. The summed E-state index contributed by atoms with van der Waals surface area (Å²) < 4.78 is 5.90. The molecule has 25 heavy (non-hydrogen) atoms. The highest BCUT2D eigenvalue weighted by Gasteiger charge is 2.19. The fraction of sp³-hybridized carbons (Fsp3) is 0.364. The van der Waals surface area contributed by atoms with E-state index in [1.807, 2.05) is 12.1 Å². The molecule has 0 spiro atoms. The second-order valence-electron chi connectivity index (χ2n) is 7.17. The lowest BCUT2D eigenvalue weighted by molar-refractivity contribution is 0.189. The van der Waals surface area contributed by atoms with Gasteiger partial charge in [-0.2, -0.15) is 0 Å². The molecule has 1 aliphatic rings. The van der Waals surface area contributed by atoms with Crippen LogP contribution in [0, 0.1) is 6.92 Å². The zero-order valence-electron chi connectivity index (χ0n) is 14.9. The van der Waals surface area contributed by atoms with Crippen LogP contribution in [0.15, 0.2) is 59.0 Å². The number of rotatable bonds is 5. The molecule has 0 atom stereocenters. The van der Waals surface area contributed by atoms with Crippen LogP contribution in [-0.4, -0.2) is 24.0 Å². The van der Waals surface area contributed by atoms with Crippen molar-refractivity contribution in [3.05, 3.63) is 71.5 Å². The van der Waals surface area contributed by atoms with E-state index in [4.69, 9.17) is 4.42 Å². The molecule has 2 heterocycles. The van der Waals surface area contributed by atoms with Crippen molar-refractivity contribution in [1.29, 1.82) is 0 Å². The highest BCUT2D eigenvalue weighted by Crippen LogP contribution is 2.20. The van der Waals surface area contributed by atoms with Gasteiger partial charge < -0.3 is 9.73 Å². The summed E-state index contributed by atoms with van der Waals surface area (Å²) in [4.78, 5) is 2.56. The van der Waals surface area contributed by atoms with Crippen molar-refractivity contribution >= 4 is 11.0 Å². The average Bonchev–Trinajstić information content (AvgIpc) is 3.04. The van der Waals surface area contributed by atoms with Gasteiger partial charge in [0.25, 0.3) is 0 Å². The molecule has 0 aliphatic carbocycles. The molecule has 1 N–H and O–H groups in total. The summed E-state index contributed by atoms with van der Waals surface area (Å²) in [6.45, 7) is 6.37. The van der Waals surface area contributed by atoms with Gasteiger partial charge in [-0.25, -0.2) is 0 Å². The minimum Gasteiger partial charge on any atom is -0.460 e. The molecule has 0 unspecified atom stereocenters. The zero-order valence-corrected chi connectivity index (χ0v) is 14.9. The number of para-hydroxylation sites is 1. The summed E-state index contributed by atoms with van der Waals surface area (Å²) in [5.41, 5.74) is 3.75. The highest BCUT2D eigenvalue weighted by molar-refractivity contribution is 5.77. The number of hydrogen-bond donors (Lipinski definition) is 1. The number of nitrogens with zero attached hydrogens (tertiary/aromatic N) is 1. The first-order valence-electron chi connectivity index (χ1n) is 9.25. The summed E-state index contributed by atoms with van der Waals surface area (Å²) in [5, 5.41) is 4.86. The Morgan fingerprint density at radius 3 is 2.68 bits per heavy atom. The summed E-state index contributed by atoms with van der Waals surface area (Å²) in [6, 6.07) is 19.8. The molecule has 130 valence electrons. The Morgan fingerprint density at radius 1 is 1.04 bits per heavy atom. The first-order valence-corrected chi connectivity index (χ1v) is 9.25. The van der Waals surface area contributed by atoms with Gasteiger partial charge >= 0.3 is 0 Å². The van der Waals surface area contributed by atoms with E-state index < -0.39 is 0 Å². The molecule has 1 fully saturated rings. The lowest BCUT2D eigenvalue weighted by Gasteiger charge is -2.32. The maximum absolute atomic E-state index is 5.90. The molecule has 0 bridgehead atoms. The van der Waals surface area contributed by atoms with Gasteiger partial charge in [-0.15, -0.1) is 0 Å². The van der Waals surface area contributed by atoms with Gasteiger partial charge in [-0.05, 0) is 50.6 Å². The molecule has 1 aliphatic heterocycles. The third-order valence-electron chi connectivity index (χ3n) is 5.12.